The van der Waals surface area contributed by atoms with Crippen molar-refractivity contribution in [3.05, 3.63) is 64.3 Å². The van der Waals surface area contributed by atoms with Crippen LogP contribution in [0.4, 0.5) is 23.2 Å². The number of alkyl halides is 3. The second-order valence-corrected chi connectivity index (χ2v) is 9.31. The molecule has 2 fully saturated rings. The number of anilines is 1. The Labute approximate surface area is 198 Å². The van der Waals surface area contributed by atoms with E-state index < -0.39 is 23.0 Å². The second kappa shape index (κ2) is 8.71. The Morgan fingerprint density at radius 3 is 2.43 bits per heavy atom. The first-order chi connectivity index (χ1) is 16.7. The third kappa shape index (κ3) is 4.29. The molecule has 0 unspecified atom stereocenters. The van der Waals surface area contributed by atoms with Crippen LogP contribution in [0.2, 0.25) is 0 Å². The number of nitrogens with zero attached hydrogens (tertiary/aromatic N) is 2. The first-order valence-corrected chi connectivity index (χ1v) is 11.6. The van der Waals surface area contributed by atoms with Gasteiger partial charge in [-0.15, -0.1) is 5.53 Å². The predicted octanol–water partition coefficient (Wildman–Crippen LogP) is 4.25. The van der Waals surface area contributed by atoms with Gasteiger partial charge in [0, 0.05) is 6.54 Å². The summed E-state index contributed by atoms with van der Waals surface area (Å²) in [5.41, 5.74) is 4.97. The van der Waals surface area contributed by atoms with Crippen molar-refractivity contribution in [2.45, 2.75) is 56.8 Å². The first-order valence-electron chi connectivity index (χ1n) is 11.6. The van der Waals surface area contributed by atoms with Crippen LogP contribution < -0.4 is 21.7 Å². The van der Waals surface area contributed by atoms with Gasteiger partial charge in [0.2, 0.25) is 0 Å². The van der Waals surface area contributed by atoms with Gasteiger partial charge in [0.05, 0.1) is 22.3 Å². The Morgan fingerprint density at radius 1 is 1.03 bits per heavy atom. The summed E-state index contributed by atoms with van der Waals surface area (Å²) in [6.45, 7) is 0.398. The molecule has 3 aromatic rings. The zero-order chi connectivity index (χ0) is 24.8. The Balaban J connectivity index is 1.21. The van der Waals surface area contributed by atoms with E-state index in [1.165, 1.54) is 22.8 Å². The number of aromatic nitrogens is 2. The van der Waals surface area contributed by atoms with Crippen LogP contribution in [0.5, 0.6) is 0 Å². The molecule has 1 spiro atoms. The van der Waals surface area contributed by atoms with E-state index in [-0.39, 0.29) is 17.2 Å². The Hall–Kier alpha value is -3.34. The molecule has 1 aliphatic heterocycles. The summed E-state index contributed by atoms with van der Waals surface area (Å²) >= 11 is 0. The summed E-state index contributed by atoms with van der Waals surface area (Å²) in [5, 5.41) is 1.78. The molecular weight excluding hydrogens is 466 g/mol. The van der Waals surface area contributed by atoms with Gasteiger partial charge < -0.3 is 4.98 Å². The van der Waals surface area contributed by atoms with E-state index in [4.69, 9.17) is 0 Å². The molecule has 1 amide bonds. The molecule has 7 nitrogen and oxygen atoms in total. The smallest absolute Gasteiger partial charge is 0.306 e. The third-order valence-corrected chi connectivity index (χ3v) is 7.24. The number of imidazole rings is 1. The summed E-state index contributed by atoms with van der Waals surface area (Å²) in [7, 11) is 0. The number of carbonyl (C=O) groups excluding carboxylic acids is 1. The van der Waals surface area contributed by atoms with Crippen LogP contribution in [0.3, 0.4) is 0 Å². The van der Waals surface area contributed by atoms with Gasteiger partial charge in [0.15, 0.2) is 0 Å². The minimum atomic E-state index is -4.47. The zero-order valence-corrected chi connectivity index (χ0v) is 18.8. The van der Waals surface area contributed by atoms with E-state index in [9.17, 15) is 27.2 Å². The lowest BCUT2D eigenvalue weighted by molar-refractivity contribution is -0.137. The number of fused-ring (bicyclic) bond motifs is 1. The van der Waals surface area contributed by atoms with Gasteiger partial charge in [-0.25, -0.2) is 9.18 Å². The lowest BCUT2D eigenvalue weighted by atomic mass is 9.74. The number of carbonyl (C=O) groups is 1. The Kier molecular flexibility index (Phi) is 5.82. The van der Waals surface area contributed by atoms with Crippen molar-refractivity contribution in [1.82, 2.24) is 20.5 Å². The van der Waals surface area contributed by atoms with Gasteiger partial charge in [-0.1, -0.05) is 0 Å². The molecule has 3 N–H and O–H groups in total. The highest BCUT2D eigenvalue weighted by Gasteiger charge is 2.51. The fraction of sp³-hybridized carbons (Fsp3) is 0.417. The Morgan fingerprint density at radius 2 is 1.74 bits per heavy atom. The molecule has 11 heteroatoms. The van der Waals surface area contributed by atoms with Gasteiger partial charge >= 0.3 is 11.9 Å². The predicted molar refractivity (Wildman–Crippen MR) is 122 cm³/mol. The number of hydrazine groups is 2. The molecule has 2 heterocycles. The number of halogens is 4. The molecule has 2 aromatic carbocycles. The fourth-order valence-electron chi connectivity index (χ4n) is 5.33. The fourth-order valence-corrected chi connectivity index (χ4v) is 5.33. The number of hydrogen-bond acceptors (Lipinski definition) is 4. The topological polar surface area (TPSA) is 82.2 Å². The molecule has 1 saturated carbocycles. The molecule has 35 heavy (non-hydrogen) atoms. The maximum Gasteiger partial charge on any atom is 0.416 e. The van der Waals surface area contributed by atoms with Crippen LogP contribution >= 0.6 is 0 Å². The molecular formula is C24H25F4N5O2. The maximum atomic E-state index is 13.3. The van der Waals surface area contributed by atoms with Crippen LogP contribution in [-0.2, 0) is 17.5 Å². The molecule has 5 rings (SSSR count). The lowest BCUT2D eigenvalue weighted by Crippen LogP contribution is -2.53. The van der Waals surface area contributed by atoms with E-state index >= 15 is 0 Å². The van der Waals surface area contributed by atoms with Crippen molar-refractivity contribution in [2.75, 3.05) is 5.01 Å². The highest BCUT2D eigenvalue weighted by atomic mass is 19.4. The molecule has 0 bridgehead atoms. The van der Waals surface area contributed by atoms with Crippen LogP contribution in [0, 0.1) is 11.7 Å². The van der Waals surface area contributed by atoms with Crippen LogP contribution in [0.25, 0.3) is 11.0 Å². The average molecular weight is 491 g/mol. The summed E-state index contributed by atoms with van der Waals surface area (Å²) < 4.78 is 53.7. The summed E-state index contributed by atoms with van der Waals surface area (Å²) in [6.07, 6.45) is -0.0695. The van der Waals surface area contributed by atoms with E-state index in [1.807, 2.05) is 0 Å². The highest BCUT2D eigenvalue weighted by Crippen LogP contribution is 2.41. The minimum Gasteiger partial charge on any atom is -0.306 e. The van der Waals surface area contributed by atoms with E-state index in [2.05, 4.69) is 15.9 Å². The Bertz CT molecular complexity index is 1290. The monoisotopic (exact) mass is 491 g/mol. The zero-order valence-electron chi connectivity index (χ0n) is 18.8. The molecule has 1 aromatic heterocycles. The van der Waals surface area contributed by atoms with Gasteiger partial charge in [-0.05, 0) is 86.9 Å². The number of rotatable bonds is 5. The number of hydrogen-bond donors (Lipinski definition) is 3. The van der Waals surface area contributed by atoms with Gasteiger partial charge in [0.1, 0.15) is 11.4 Å². The van der Waals surface area contributed by atoms with E-state index in [0.29, 0.717) is 42.9 Å². The molecule has 186 valence electrons. The number of aryl methyl sites for hydroxylation is 1. The van der Waals surface area contributed by atoms with Crippen LogP contribution in [0.1, 0.15) is 44.1 Å². The molecule has 2 aliphatic rings. The van der Waals surface area contributed by atoms with Crippen molar-refractivity contribution in [2.24, 2.45) is 5.92 Å². The average Bonchev–Trinajstić information content (AvgIpc) is 3.31. The van der Waals surface area contributed by atoms with Crippen LogP contribution in [-0.4, -0.2) is 21.0 Å². The number of H-pyrrole nitrogens is 1. The normalized spacial score (nSPS) is 22.8. The molecule has 1 aliphatic carbocycles. The van der Waals surface area contributed by atoms with Crippen molar-refractivity contribution < 1.29 is 22.4 Å². The van der Waals surface area contributed by atoms with E-state index in [1.54, 1.807) is 17.1 Å². The molecule has 0 atom stereocenters. The number of nitrogens with one attached hydrogen (secondary N) is 3. The van der Waals surface area contributed by atoms with Crippen molar-refractivity contribution in [3.63, 3.8) is 0 Å². The standard InChI is InChI=1S/C24H25F4N5O2/c25-17-4-6-18(7-5-17)33-23(21(34)30-31-33)11-9-15(10-12-23)2-1-13-32-20-8-3-16(24(26,27)28)14-19(20)29-22(32)35/h3-8,14-15,31H,1-2,9-13H2,(H,29,35)(H,30,34). The summed E-state index contributed by atoms with van der Waals surface area (Å²) in [6, 6.07) is 9.25. The minimum absolute atomic E-state index is 0.108. The van der Waals surface area contributed by atoms with Crippen LogP contribution in [0.15, 0.2) is 47.3 Å². The number of amides is 1. The van der Waals surface area contributed by atoms with Gasteiger partial charge in [-0.2, -0.15) is 13.2 Å². The quantitative estimate of drug-likeness (QED) is 0.466. The van der Waals surface area contributed by atoms with Crippen molar-refractivity contribution in [3.8, 4) is 0 Å². The van der Waals surface area contributed by atoms with Crippen molar-refractivity contribution >= 4 is 22.6 Å². The maximum absolute atomic E-state index is 13.3. The number of benzene rings is 2. The SMILES string of the molecule is O=C1NNN(c2ccc(F)cc2)C12CCC(CCCn1c(=O)[nH]c3cc(C(F)(F)F)ccc31)CC2. The number of aromatic amines is 1. The molecule has 0 radical (unpaired) electrons. The van der Waals surface area contributed by atoms with Crippen molar-refractivity contribution in [1.29, 1.82) is 0 Å². The first kappa shape index (κ1) is 23.4. The second-order valence-electron chi connectivity index (χ2n) is 9.31. The largest absolute Gasteiger partial charge is 0.416 e. The van der Waals surface area contributed by atoms with Gasteiger partial charge in [0.25, 0.3) is 5.91 Å². The summed E-state index contributed by atoms with van der Waals surface area (Å²) in [5.74, 6) is -0.0919. The van der Waals surface area contributed by atoms with Gasteiger partial charge in [-0.3, -0.25) is 19.8 Å². The lowest BCUT2D eigenvalue weighted by Gasteiger charge is -2.41. The molecule has 1 saturated heterocycles. The highest BCUT2D eigenvalue weighted by molar-refractivity contribution is 5.92. The summed E-state index contributed by atoms with van der Waals surface area (Å²) in [4.78, 5) is 27.6. The van der Waals surface area contributed by atoms with E-state index in [0.717, 1.165) is 31.4 Å². The third-order valence-electron chi connectivity index (χ3n) is 7.24.